The van der Waals surface area contributed by atoms with Gasteiger partial charge < -0.3 is 19.9 Å². The molecule has 4 nitrogen and oxygen atoms in total. The highest BCUT2D eigenvalue weighted by Gasteiger charge is 2.18. The molecule has 0 bridgehead atoms. The topological polar surface area (TPSA) is 53.7 Å². The minimum absolute atomic E-state index is 0.187. The van der Waals surface area contributed by atoms with Gasteiger partial charge >= 0.3 is 0 Å². The van der Waals surface area contributed by atoms with Crippen molar-refractivity contribution in [3.63, 3.8) is 0 Å². The highest BCUT2D eigenvalue weighted by atomic mass is 32.1. The predicted molar refractivity (Wildman–Crippen MR) is 83.5 cm³/mol. The molecule has 2 aromatic rings. The molecule has 21 heavy (non-hydrogen) atoms. The average molecular weight is 305 g/mol. The van der Waals surface area contributed by atoms with Crippen molar-refractivity contribution in [2.45, 2.75) is 13.0 Å². The molecule has 0 aliphatic carbocycles. The Kier molecular flexibility index (Phi) is 4.03. The first-order valence-corrected chi connectivity index (χ1v) is 7.83. The van der Waals surface area contributed by atoms with E-state index in [1.165, 1.54) is 0 Å². The van der Waals surface area contributed by atoms with E-state index in [-0.39, 0.29) is 6.04 Å². The molecule has 1 aliphatic heterocycles. The van der Waals surface area contributed by atoms with E-state index in [1.54, 1.807) is 18.4 Å². The van der Waals surface area contributed by atoms with Crippen molar-refractivity contribution in [3.05, 3.63) is 40.1 Å². The Labute approximate surface area is 128 Å². The van der Waals surface area contributed by atoms with Crippen LogP contribution in [-0.2, 0) is 0 Å². The second-order valence-corrected chi connectivity index (χ2v) is 6.24. The summed E-state index contributed by atoms with van der Waals surface area (Å²) in [6.07, 6.45) is 0. The first-order chi connectivity index (χ1) is 10.2. The molecule has 1 aromatic carbocycles. The lowest BCUT2D eigenvalue weighted by atomic mass is 10.1. The van der Waals surface area contributed by atoms with Crippen LogP contribution in [0.25, 0.3) is 0 Å². The van der Waals surface area contributed by atoms with Crippen molar-refractivity contribution in [1.82, 2.24) is 0 Å². The van der Waals surface area contributed by atoms with Gasteiger partial charge in [-0.15, -0.1) is 11.3 Å². The highest BCUT2D eigenvalue weighted by Crippen LogP contribution is 2.36. The predicted octanol–water partition coefficient (Wildman–Crippen LogP) is 3.21. The van der Waals surface area contributed by atoms with Crippen LogP contribution in [0.2, 0.25) is 0 Å². The number of hydrogen-bond donors (Lipinski definition) is 1. The van der Waals surface area contributed by atoms with E-state index in [0.717, 1.165) is 27.7 Å². The van der Waals surface area contributed by atoms with E-state index in [9.17, 15) is 0 Å². The smallest absolute Gasteiger partial charge is 0.161 e. The summed E-state index contributed by atoms with van der Waals surface area (Å²) in [6, 6.07) is 7.70. The summed E-state index contributed by atoms with van der Waals surface area (Å²) < 4.78 is 16.8. The first-order valence-electron chi connectivity index (χ1n) is 6.95. The summed E-state index contributed by atoms with van der Waals surface area (Å²) in [7, 11) is 1.66. The highest BCUT2D eigenvalue weighted by molar-refractivity contribution is 7.10. The van der Waals surface area contributed by atoms with E-state index in [2.05, 4.69) is 6.92 Å². The molecule has 1 aliphatic rings. The molecule has 2 atom stereocenters. The van der Waals surface area contributed by atoms with E-state index >= 15 is 0 Å². The zero-order valence-electron chi connectivity index (χ0n) is 12.2. The van der Waals surface area contributed by atoms with Crippen LogP contribution in [0.4, 0.5) is 0 Å². The molecule has 112 valence electrons. The van der Waals surface area contributed by atoms with Crippen LogP contribution in [0.1, 0.15) is 23.4 Å². The molecule has 0 spiro atoms. The molecule has 1 aromatic heterocycles. The van der Waals surface area contributed by atoms with Crippen molar-refractivity contribution in [2.24, 2.45) is 11.7 Å². The Morgan fingerprint density at radius 1 is 1.24 bits per heavy atom. The lowest BCUT2D eigenvalue weighted by Crippen LogP contribution is -2.12. The van der Waals surface area contributed by atoms with Crippen LogP contribution in [0.15, 0.2) is 29.6 Å². The molecule has 0 fully saturated rings. The van der Waals surface area contributed by atoms with Gasteiger partial charge in [0.2, 0.25) is 0 Å². The van der Waals surface area contributed by atoms with Crippen molar-refractivity contribution in [2.75, 3.05) is 20.3 Å². The van der Waals surface area contributed by atoms with E-state index in [4.69, 9.17) is 19.9 Å². The summed E-state index contributed by atoms with van der Waals surface area (Å²) in [5.41, 5.74) is 7.35. The van der Waals surface area contributed by atoms with Gasteiger partial charge in [0, 0.05) is 16.2 Å². The molecular formula is C16H19NO3S. The number of hydrogen-bond acceptors (Lipinski definition) is 5. The van der Waals surface area contributed by atoms with Crippen LogP contribution >= 0.6 is 11.3 Å². The summed E-state index contributed by atoms with van der Waals surface area (Å²) in [5, 5.41) is 1.96. The maximum Gasteiger partial charge on any atom is 0.161 e. The lowest BCUT2D eigenvalue weighted by Gasteiger charge is -2.13. The molecule has 2 N–H and O–H groups in total. The summed E-state index contributed by atoms with van der Waals surface area (Å²) in [4.78, 5) is 1.06. The molecule has 5 heteroatoms. The summed E-state index contributed by atoms with van der Waals surface area (Å²) in [6.45, 7) is 3.45. The SMILES string of the molecule is COc1csc(C(N)c2ccc3c(c2)OCC(C)CO3)c1. The lowest BCUT2D eigenvalue weighted by molar-refractivity contribution is 0.228. The second kappa shape index (κ2) is 5.95. The first kappa shape index (κ1) is 14.2. The van der Waals surface area contributed by atoms with Gasteiger partial charge in [0.05, 0.1) is 26.4 Å². The average Bonchev–Trinajstić information content (AvgIpc) is 2.91. The zero-order chi connectivity index (χ0) is 14.8. The zero-order valence-corrected chi connectivity index (χ0v) is 13.0. The second-order valence-electron chi connectivity index (χ2n) is 5.30. The normalized spacial score (nSPS) is 18.9. The van der Waals surface area contributed by atoms with Crippen LogP contribution < -0.4 is 19.9 Å². The number of rotatable bonds is 3. The number of ether oxygens (including phenoxy) is 3. The number of methoxy groups -OCH3 is 1. The summed E-state index contributed by atoms with van der Waals surface area (Å²) in [5.74, 6) is 2.79. The maximum absolute atomic E-state index is 6.34. The van der Waals surface area contributed by atoms with Crippen molar-refractivity contribution >= 4 is 11.3 Å². The maximum atomic E-state index is 6.34. The molecule has 2 unspecified atom stereocenters. The van der Waals surface area contributed by atoms with Gasteiger partial charge in [-0.3, -0.25) is 0 Å². The Hall–Kier alpha value is -1.72. The minimum Gasteiger partial charge on any atom is -0.496 e. The fraction of sp³-hybridized carbons (Fsp3) is 0.375. The fourth-order valence-corrected chi connectivity index (χ4v) is 3.11. The molecular weight excluding hydrogens is 286 g/mol. The van der Waals surface area contributed by atoms with E-state index < -0.39 is 0 Å². The van der Waals surface area contributed by atoms with Gasteiger partial charge in [-0.1, -0.05) is 13.0 Å². The quantitative estimate of drug-likeness (QED) is 0.946. The van der Waals surface area contributed by atoms with Crippen LogP contribution in [-0.4, -0.2) is 20.3 Å². The van der Waals surface area contributed by atoms with Gasteiger partial charge in [0.15, 0.2) is 11.5 Å². The van der Waals surface area contributed by atoms with Gasteiger partial charge in [0.1, 0.15) is 5.75 Å². The molecule has 0 saturated heterocycles. The number of thiophene rings is 1. The molecule has 0 radical (unpaired) electrons. The van der Waals surface area contributed by atoms with Gasteiger partial charge in [0.25, 0.3) is 0 Å². The van der Waals surface area contributed by atoms with Crippen LogP contribution in [0.3, 0.4) is 0 Å². The molecule has 3 rings (SSSR count). The Bertz CT molecular complexity index is 626. The third-order valence-electron chi connectivity index (χ3n) is 3.51. The van der Waals surface area contributed by atoms with Crippen molar-refractivity contribution in [1.29, 1.82) is 0 Å². The minimum atomic E-state index is -0.187. The Morgan fingerprint density at radius 3 is 2.71 bits per heavy atom. The Balaban J connectivity index is 1.86. The third kappa shape index (κ3) is 2.99. The van der Waals surface area contributed by atoms with Gasteiger partial charge in [-0.05, 0) is 23.8 Å². The van der Waals surface area contributed by atoms with Crippen molar-refractivity contribution < 1.29 is 14.2 Å². The number of fused-ring (bicyclic) bond motifs is 1. The molecule has 2 heterocycles. The molecule has 0 saturated carbocycles. The van der Waals surface area contributed by atoms with Crippen LogP contribution in [0.5, 0.6) is 17.2 Å². The third-order valence-corrected chi connectivity index (χ3v) is 4.51. The fourth-order valence-electron chi connectivity index (χ4n) is 2.23. The summed E-state index contributed by atoms with van der Waals surface area (Å²) >= 11 is 1.60. The standard InChI is InChI=1S/C16H19NO3S/c1-10-7-19-13-4-3-11(5-14(13)20-8-10)16(17)15-6-12(18-2)9-21-15/h3-6,9-10,16H,7-8,17H2,1-2H3. The number of nitrogens with two attached hydrogens (primary N) is 1. The van der Waals surface area contributed by atoms with E-state index in [0.29, 0.717) is 19.1 Å². The van der Waals surface area contributed by atoms with E-state index in [1.807, 2.05) is 29.6 Å². The van der Waals surface area contributed by atoms with Gasteiger partial charge in [-0.25, -0.2) is 0 Å². The molecule has 0 amide bonds. The largest absolute Gasteiger partial charge is 0.496 e. The monoisotopic (exact) mass is 305 g/mol. The van der Waals surface area contributed by atoms with Crippen molar-refractivity contribution in [3.8, 4) is 17.2 Å². The van der Waals surface area contributed by atoms with Crippen LogP contribution in [0, 0.1) is 5.92 Å². The number of benzene rings is 1. The van der Waals surface area contributed by atoms with Gasteiger partial charge in [-0.2, -0.15) is 0 Å². The Morgan fingerprint density at radius 2 is 2.00 bits per heavy atom.